The summed E-state index contributed by atoms with van der Waals surface area (Å²) in [5, 5.41) is 4.81. The number of nitrogens with one attached hydrogen (secondary N) is 2. The molecule has 1 aromatic heterocycles. The van der Waals surface area contributed by atoms with E-state index in [9.17, 15) is 22.8 Å². The van der Waals surface area contributed by atoms with Gasteiger partial charge in [-0.05, 0) is 30.3 Å². The van der Waals surface area contributed by atoms with E-state index in [2.05, 4.69) is 15.5 Å². The van der Waals surface area contributed by atoms with Crippen LogP contribution in [0.5, 0.6) is 0 Å². The van der Waals surface area contributed by atoms with Gasteiger partial charge in [0.05, 0.1) is 24.8 Å². The minimum atomic E-state index is -4.54. The van der Waals surface area contributed by atoms with E-state index in [1.54, 1.807) is 0 Å². The number of anilines is 1. The second-order valence-electron chi connectivity index (χ2n) is 6.95. The Morgan fingerprint density at radius 3 is 2.50 bits per heavy atom. The summed E-state index contributed by atoms with van der Waals surface area (Å²) in [4.78, 5) is 26.6. The number of halogens is 3. The van der Waals surface area contributed by atoms with Crippen molar-refractivity contribution in [1.29, 1.82) is 0 Å². The lowest BCUT2D eigenvalue weighted by Crippen LogP contribution is -2.46. The Balaban J connectivity index is 1.63. The minimum absolute atomic E-state index is 0.0999. The number of rotatable bonds is 5. The number of nitrogens with zero attached hydrogens (tertiary/aromatic N) is 2. The standard InChI is InChI=1S/C20H23F3N4O3/c1-26-7-3-6-16(26)17(27-8-10-30-11-9-27)13-24-18(28)19(29)25-15-5-2-4-14(12-15)20(21,22)23/h2-7,12,17H,8-11,13H2,1H3,(H,24,28)(H,25,29)/t17-/m1/s1. The van der Waals surface area contributed by atoms with Crippen LogP contribution in [0.2, 0.25) is 0 Å². The molecule has 1 atom stereocenters. The molecule has 1 fully saturated rings. The highest BCUT2D eigenvalue weighted by atomic mass is 19.4. The quantitative estimate of drug-likeness (QED) is 0.722. The molecule has 30 heavy (non-hydrogen) atoms. The lowest BCUT2D eigenvalue weighted by atomic mass is 10.1. The molecule has 7 nitrogen and oxygen atoms in total. The number of benzene rings is 1. The highest BCUT2D eigenvalue weighted by molar-refractivity contribution is 6.39. The second-order valence-corrected chi connectivity index (χ2v) is 6.95. The predicted octanol–water partition coefficient (Wildman–Crippen LogP) is 2.17. The van der Waals surface area contributed by atoms with Crippen LogP contribution in [0.15, 0.2) is 42.6 Å². The molecule has 2 heterocycles. The average molecular weight is 424 g/mol. The van der Waals surface area contributed by atoms with Gasteiger partial charge in [-0.3, -0.25) is 14.5 Å². The van der Waals surface area contributed by atoms with Crippen molar-refractivity contribution in [3.63, 3.8) is 0 Å². The Kier molecular flexibility index (Phi) is 6.78. The average Bonchev–Trinajstić information content (AvgIpc) is 3.14. The summed E-state index contributed by atoms with van der Waals surface area (Å²) in [6.07, 6.45) is -2.64. The van der Waals surface area contributed by atoms with Crippen LogP contribution in [0.25, 0.3) is 0 Å². The molecule has 0 unspecified atom stereocenters. The van der Waals surface area contributed by atoms with Gasteiger partial charge in [-0.1, -0.05) is 6.07 Å². The van der Waals surface area contributed by atoms with Gasteiger partial charge in [0.25, 0.3) is 0 Å². The van der Waals surface area contributed by atoms with Crippen molar-refractivity contribution >= 4 is 17.5 Å². The van der Waals surface area contributed by atoms with Crippen molar-refractivity contribution < 1.29 is 27.5 Å². The number of aromatic nitrogens is 1. The summed E-state index contributed by atoms with van der Waals surface area (Å²) in [5.41, 5.74) is -0.0376. The topological polar surface area (TPSA) is 75.6 Å². The molecular formula is C20H23F3N4O3. The van der Waals surface area contributed by atoms with Gasteiger partial charge < -0.3 is 19.9 Å². The Bertz CT molecular complexity index is 891. The molecule has 1 aliphatic rings. The van der Waals surface area contributed by atoms with Gasteiger partial charge in [-0.15, -0.1) is 0 Å². The summed E-state index contributed by atoms with van der Waals surface area (Å²) in [6, 6.07) is 7.80. The zero-order valence-electron chi connectivity index (χ0n) is 16.4. The SMILES string of the molecule is Cn1cccc1[C@@H](CNC(=O)C(=O)Nc1cccc(C(F)(F)F)c1)N1CCOCC1. The van der Waals surface area contributed by atoms with Crippen LogP contribution in [0.1, 0.15) is 17.3 Å². The monoisotopic (exact) mass is 424 g/mol. The lowest BCUT2D eigenvalue weighted by Gasteiger charge is -2.34. The number of hydrogen-bond acceptors (Lipinski definition) is 4. The van der Waals surface area contributed by atoms with Crippen molar-refractivity contribution in [3.8, 4) is 0 Å². The van der Waals surface area contributed by atoms with E-state index >= 15 is 0 Å². The molecule has 0 bridgehead atoms. The van der Waals surface area contributed by atoms with Gasteiger partial charge in [-0.25, -0.2) is 0 Å². The maximum atomic E-state index is 12.8. The third-order valence-electron chi connectivity index (χ3n) is 4.92. The van der Waals surface area contributed by atoms with Crippen LogP contribution in [-0.4, -0.2) is 54.1 Å². The van der Waals surface area contributed by atoms with Crippen molar-refractivity contribution in [3.05, 3.63) is 53.9 Å². The Morgan fingerprint density at radius 1 is 1.13 bits per heavy atom. The van der Waals surface area contributed by atoms with E-state index in [4.69, 9.17) is 4.74 Å². The van der Waals surface area contributed by atoms with Gasteiger partial charge in [0.1, 0.15) is 0 Å². The number of aryl methyl sites for hydroxylation is 1. The molecule has 0 spiro atoms. The van der Waals surface area contributed by atoms with Crippen LogP contribution in [0.4, 0.5) is 18.9 Å². The Labute approximate surface area is 171 Å². The molecule has 0 radical (unpaired) electrons. The van der Waals surface area contributed by atoms with E-state index in [1.807, 2.05) is 29.9 Å². The fourth-order valence-electron chi connectivity index (χ4n) is 3.36. The molecule has 3 rings (SSSR count). The largest absolute Gasteiger partial charge is 0.416 e. The van der Waals surface area contributed by atoms with Gasteiger partial charge in [0.15, 0.2) is 0 Å². The number of morpholine rings is 1. The van der Waals surface area contributed by atoms with Gasteiger partial charge >= 0.3 is 18.0 Å². The third-order valence-corrected chi connectivity index (χ3v) is 4.92. The number of hydrogen-bond donors (Lipinski definition) is 2. The molecule has 0 aliphatic carbocycles. The fraction of sp³-hybridized carbons (Fsp3) is 0.400. The normalized spacial score (nSPS) is 16.1. The molecule has 162 valence electrons. The van der Waals surface area contributed by atoms with E-state index in [-0.39, 0.29) is 18.3 Å². The number of alkyl halides is 3. The first kappa shape index (κ1) is 21.8. The van der Waals surface area contributed by atoms with Crippen LogP contribution in [-0.2, 0) is 27.5 Å². The predicted molar refractivity (Wildman–Crippen MR) is 104 cm³/mol. The summed E-state index contributed by atoms with van der Waals surface area (Å²) in [6.45, 7) is 2.69. The summed E-state index contributed by atoms with van der Waals surface area (Å²) in [7, 11) is 1.89. The molecule has 2 N–H and O–H groups in total. The van der Waals surface area contributed by atoms with E-state index < -0.39 is 23.6 Å². The maximum absolute atomic E-state index is 12.8. The summed E-state index contributed by atoms with van der Waals surface area (Å²) < 4.78 is 45.8. The van der Waals surface area contributed by atoms with Crippen molar-refractivity contribution in [2.45, 2.75) is 12.2 Å². The highest BCUT2D eigenvalue weighted by Crippen LogP contribution is 2.30. The van der Waals surface area contributed by atoms with Crippen LogP contribution < -0.4 is 10.6 Å². The maximum Gasteiger partial charge on any atom is 0.416 e. The second kappa shape index (κ2) is 9.31. The summed E-state index contributed by atoms with van der Waals surface area (Å²) >= 11 is 0. The Hall–Kier alpha value is -2.85. The first-order valence-corrected chi connectivity index (χ1v) is 9.45. The van der Waals surface area contributed by atoms with E-state index in [0.29, 0.717) is 26.3 Å². The van der Waals surface area contributed by atoms with Crippen LogP contribution in [0.3, 0.4) is 0 Å². The van der Waals surface area contributed by atoms with Crippen LogP contribution in [0, 0.1) is 0 Å². The number of ether oxygens (including phenoxy) is 1. The van der Waals surface area contributed by atoms with Crippen molar-refractivity contribution in [2.75, 3.05) is 38.2 Å². The smallest absolute Gasteiger partial charge is 0.379 e. The zero-order chi connectivity index (χ0) is 21.7. The molecule has 10 heteroatoms. The minimum Gasteiger partial charge on any atom is -0.379 e. The van der Waals surface area contributed by atoms with Gasteiger partial charge in [-0.2, -0.15) is 13.2 Å². The van der Waals surface area contributed by atoms with Gasteiger partial charge in [0, 0.05) is 44.3 Å². The summed E-state index contributed by atoms with van der Waals surface area (Å²) in [5.74, 6) is -1.94. The van der Waals surface area contributed by atoms with Crippen molar-refractivity contribution in [1.82, 2.24) is 14.8 Å². The van der Waals surface area contributed by atoms with Crippen molar-refractivity contribution in [2.24, 2.45) is 7.05 Å². The number of carbonyl (C=O) groups is 2. The highest BCUT2D eigenvalue weighted by Gasteiger charge is 2.31. The first-order valence-electron chi connectivity index (χ1n) is 9.45. The fourth-order valence-corrected chi connectivity index (χ4v) is 3.36. The lowest BCUT2D eigenvalue weighted by molar-refractivity contribution is -0.137. The van der Waals surface area contributed by atoms with E-state index in [1.165, 1.54) is 12.1 Å². The molecule has 1 aromatic carbocycles. The Morgan fingerprint density at radius 2 is 1.87 bits per heavy atom. The van der Waals surface area contributed by atoms with Crippen LogP contribution >= 0.6 is 0 Å². The first-order chi connectivity index (χ1) is 14.3. The molecular weight excluding hydrogens is 401 g/mol. The van der Waals surface area contributed by atoms with E-state index in [0.717, 1.165) is 17.8 Å². The number of carbonyl (C=O) groups excluding carboxylic acids is 2. The molecule has 0 saturated carbocycles. The number of amides is 2. The molecule has 2 amide bonds. The van der Waals surface area contributed by atoms with Gasteiger partial charge in [0.2, 0.25) is 0 Å². The zero-order valence-corrected chi connectivity index (χ0v) is 16.4. The molecule has 1 aliphatic heterocycles. The molecule has 2 aromatic rings. The molecule has 1 saturated heterocycles. The third kappa shape index (κ3) is 5.39.